The van der Waals surface area contributed by atoms with Gasteiger partial charge in [-0.05, 0) is 57.0 Å². The highest BCUT2D eigenvalue weighted by Gasteiger charge is 2.42. The fourth-order valence-corrected chi connectivity index (χ4v) is 5.12. The number of hydrogen-bond donors (Lipinski definition) is 2. The van der Waals surface area contributed by atoms with E-state index in [9.17, 15) is 28.2 Å². The number of piperidine rings is 1. The van der Waals surface area contributed by atoms with Gasteiger partial charge < -0.3 is 19.7 Å². The molecule has 2 N–H and O–H groups in total. The molecular weight excluding hydrogens is 520 g/mol. The number of ether oxygens (including phenoxy) is 2. The molecule has 39 heavy (non-hydrogen) atoms. The standard InChI is InChI=1S/C28H30F4N2O5/c1-38-19-2-3-24-20(14-19)25(17(16-35)15-33-24)21(30)4-5-28(27(36)37)6-8-34(9-7-28)10-11-39-26-22(31)12-18(29)13-23(26)32/h2-3,12-15,21,35H,4-11,16H2,1H3,(H,36,37). The Morgan fingerprint density at radius 2 is 1.85 bits per heavy atom. The summed E-state index contributed by atoms with van der Waals surface area (Å²) in [6.07, 6.45) is 0.417. The largest absolute Gasteiger partial charge is 0.497 e. The van der Waals surface area contributed by atoms with Gasteiger partial charge in [0.15, 0.2) is 17.4 Å². The molecule has 2 heterocycles. The summed E-state index contributed by atoms with van der Waals surface area (Å²) in [5.74, 6) is -4.48. The first-order valence-electron chi connectivity index (χ1n) is 12.6. The Hall–Kier alpha value is -3.44. The number of aliphatic hydroxyl groups excluding tert-OH is 1. The first-order chi connectivity index (χ1) is 18.7. The highest BCUT2D eigenvalue weighted by molar-refractivity contribution is 5.85. The number of halogens is 4. The van der Waals surface area contributed by atoms with Crippen LogP contribution >= 0.6 is 0 Å². The molecule has 0 spiro atoms. The lowest BCUT2D eigenvalue weighted by Gasteiger charge is -2.39. The predicted molar refractivity (Wildman–Crippen MR) is 135 cm³/mol. The molecule has 1 fully saturated rings. The second kappa shape index (κ2) is 12.2. The Kier molecular flexibility index (Phi) is 8.91. The van der Waals surface area contributed by atoms with Gasteiger partial charge in [0, 0.05) is 41.4 Å². The number of aliphatic carboxylic acids is 1. The van der Waals surface area contributed by atoms with Crippen LogP contribution < -0.4 is 9.47 Å². The maximum Gasteiger partial charge on any atom is 0.309 e. The number of benzene rings is 2. The Balaban J connectivity index is 1.39. The monoisotopic (exact) mass is 550 g/mol. The summed E-state index contributed by atoms with van der Waals surface area (Å²) in [4.78, 5) is 18.5. The van der Waals surface area contributed by atoms with E-state index in [1.54, 1.807) is 18.2 Å². The van der Waals surface area contributed by atoms with E-state index in [0.717, 1.165) is 0 Å². The number of pyridine rings is 1. The summed E-state index contributed by atoms with van der Waals surface area (Å²) in [7, 11) is 1.49. The lowest BCUT2D eigenvalue weighted by molar-refractivity contribution is -0.153. The molecule has 0 aliphatic carbocycles. The molecule has 4 rings (SSSR count). The number of aliphatic hydroxyl groups is 1. The number of nitrogens with zero attached hydrogens (tertiary/aromatic N) is 2. The third kappa shape index (κ3) is 6.25. The summed E-state index contributed by atoms with van der Waals surface area (Å²) < 4.78 is 66.8. The predicted octanol–water partition coefficient (Wildman–Crippen LogP) is 5.19. The van der Waals surface area contributed by atoms with E-state index in [0.29, 0.717) is 47.4 Å². The molecule has 1 atom stereocenters. The zero-order chi connectivity index (χ0) is 28.2. The summed E-state index contributed by atoms with van der Waals surface area (Å²) in [5, 5.41) is 20.4. The number of alkyl halides is 1. The van der Waals surface area contributed by atoms with Gasteiger partial charge in [-0.25, -0.2) is 17.6 Å². The van der Waals surface area contributed by atoms with Gasteiger partial charge in [0.05, 0.1) is 24.6 Å². The minimum absolute atomic E-state index is 0.0676. The van der Waals surface area contributed by atoms with Crippen LogP contribution in [0.5, 0.6) is 11.5 Å². The van der Waals surface area contributed by atoms with E-state index in [2.05, 4.69) is 4.98 Å². The molecule has 3 aromatic rings. The molecule has 0 amide bonds. The lowest BCUT2D eigenvalue weighted by Crippen LogP contribution is -2.45. The Bertz CT molecular complexity index is 1300. The number of carboxylic acid groups (broad SMARTS) is 1. The van der Waals surface area contributed by atoms with Gasteiger partial charge in [-0.15, -0.1) is 0 Å². The van der Waals surface area contributed by atoms with Crippen LogP contribution in [0, 0.1) is 22.9 Å². The van der Waals surface area contributed by atoms with Gasteiger partial charge in [-0.2, -0.15) is 0 Å². The van der Waals surface area contributed by atoms with E-state index in [1.807, 2.05) is 4.90 Å². The van der Waals surface area contributed by atoms with Crippen LogP contribution in [0.4, 0.5) is 17.6 Å². The van der Waals surface area contributed by atoms with Gasteiger partial charge in [0.1, 0.15) is 24.3 Å². The Labute approximate surface area is 223 Å². The van der Waals surface area contributed by atoms with E-state index in [-0.39, 0.29) is 44.4 Å². The van der Waals surface area contributed by atoms with Crippen molar-refractivity contribution in [2.45, 2.75) is 38.5 Å². The average molecular weight is 551 g/mol. The Morgan fingerprint density at radius 3 is 2.46 bits per heavy atom. The molecule has 210 valence electrons. The third-order valence-electron chi connectivity index (χ3n) is 7.44. The molecule has 1 aromatic heterocycles. The number of hydrogen-bond acceptors (Lipinski definition) is 6. The summed E-state index contributed by atoms with van der Waals surface area (Å²) in [5.41, 5.74) is -0.000627. The Morgan fingerprint density at radius 1 is 1.15 bits per heavy atom. The van der Waals surface area contributed by atoms with Gasteiger partial charge in [0.2, 0.25) is 0 Å². The topological polar surface area (TPSA) is 92.1 Å². The van der Waals surface area contributed by atoms with Crippen LogP contribution in [0.2, 0.25) is 0 Å². The smallest absolute Gasteiger partial charge is 0.309 e. The van der Waals surface area contributed by atoms with Crippen LogP contribution in [-0.4, -0.2) is 59.4 Å². The van der Waals surface area contributed by atoms with Gasteiger partial charge in [-0.3, -0.25) is 14.7 Å². The van der Waals surface area contributed by atoms with Crippen molar-refractivity contribution in [3.8, 4) is 11.5 Å². The normalized spacial score (nSPS) is 16.3. The number of aromatic nitrogens is 1. The first kappa shape index (κ1) is 28.6. The van der Waals surface area contributed by atoms with Gasteiger partial charge in [-0.1, -0.05) is 0 Å². The average Bonchev–Trinajstić information content (AvgIpc) is 2.92. The number of likely N-dealkylation sites (tertiary alicyclic amines) is 1. The number of carbonyl (C=O) groups is 1. The van der Waals surface area contributed by atoms with Crippen molar-refractivity contribution in [1.82, 2.24) is 9.88 Å². The highest BCUT2D eigenvalue weighted by atomic mass is 19.1. The van der Waals surface area contributed by atoms with E-state index >= 15 is 4.39 Å². The molecule has 2 aromatic carbocycles. The number of fused-ring (bicyclic) bond motifs is 1. The zero-order valence-electron chi connectivity index (χ0n) is 21.4. The molecular formula is C28H30F4N2O5. The van der Waals surface area contributed by atoms with Crippen molar-refractivity contribution < 1.29 is 42.0 Å². The molecule has 1 unspecified atom stereocenters. The quantitative estimate of drug-likeness (QED) is 0.318. The molecule has 11 heteroatoms. The van der Waals surface area contributed by atoms with E-state index in [4.69, 9.17) is 9.47 Å². The maximum absolute atomic E-state index is 15.7. The molecule has 0 saturated carbocycles. The summed E-state index contributed by atoms with van der Waals surface area (Å²) in [6, 6.07) is 6.12. The summed E-state index contributed by atoms with van der Waals surface area (Å²) in [6.45, 7) is 0.538. The summed E-state index contributed by atoms with van der Waals surface area (Å²) >= 11 is 0. The molecule has 1 aliphatic rings. The second-order valence-electron chi connectivity index (χ2n) is 9.72. The second-order valence-corrected chi connectivity index (χ2v) is 9.72. The van der Waals surface area contributed by atoms with Crippen LogP contribution in [0.3, 0.4) is 0 Å². The van der Waals surface area contributed by atoms with Crippen molar-refractivity contribution in [3.05, 3.63) is 65.1 Å². The van der Waals surface area contributed by atoms with Crippen LogP contribution in [-0.2, 0) is 11.4 Å². The minimum atomic E-state index is -1.53. The van der Waals surface area contributed by atoms with Gasteiger partial charge >= 0.3 is 5.97 Å². The molecule has 0 bridgehead atoms. The fourth-order valence-electron chi connectivity index (χ4n) is 5.12. The lowest BCUT2D eigenvalue weighted by atomic mass is 9.74. The first-order valence-corrected chi connectivity index (χ1v) is 12.6. The molecule has 0 radical (unpaired) electrons. The number of methoxy groups -OCH3 is 1. The third-order valence-corrected chi connectivity index (χ3v) is 7.44. The van der Waals surface area contributed by atoms with Crippen LogP contribution in [0.1, 0.15) is 43.0 Å². The van der Waals surface area contributed by atoms with Crippen molar-refractivity contribution in [2.24, 2.45) is 5.41 Å². The van der Waals surface area contributed by atoms with Crippen LogP contribution in [0.15, 0.2) is 36.5 Å². The zero-order valence-corrected chi connectivity index (χ0v) is 21.4. The molecule has 1 saturated heterocycles. The van der Waals surface area contributed by atoms with Gasteiger partial charge in [0.25, 0.3) is 0 Å². The van der Waals surface area contributed by atoms with Crippen molar-refractivity contribution >= 4 is 16.9 Å². The van der Waals surface area contributed by atoms with Crippen LogP contribution in [0.25, 0.3) is 10.9 Å². The SMILES string of the molecule is COc1ccc2ncc(CO)c(C(F)CCC3(C(=O)O)CCN(CCOc4c(F)cc(F)cc4F)CC3)c2c1. The van der Waals surface area contributed by atoms with Crippen molar-refractivity contribution in [3.63, 3.8) is 0 Å². The molecule has 7 nitrogen and oxygen atoms in total. The van der Waals surface area contributed by atoms with Crippen molar-refractivity contribution in [1.29, 1.82) is 0 Å². The molecule has 1 aliphatic heterocycles. The maximum atomic E-state index is 15.7. The van der Waals surface area contributed by atoms with Crippen molar-refractivity contribution in [2.75, 3.05) is 33.4 Å². The number of carboxylic acids is 1. The van der Waals surface area contributed by atoms with E-state index < -0.39 is 47.4 Å². The minimum Gasteiger partial charge on any atom is -0.497 e. The highest BCUT2D eigenvalue weighted by Crippen LogP contribution is 2.41. The van der Waals surface area contributed by atoms with E-state index in [1.165, 1.54) is 13.3 Å². The number of rotatable bonds is 11. The fraction of sp³-hybridized carbons (Fsp3) is 0.429.